The van der Waals surface area contributed by atoms with Crippen LogP contribution in [0, 0.1) is 6.92 Å². The summed E-state index contributed by atoms with van der Waals surface area (Å²) in [6.45, 7) is 2.01. The monoisotopic (exact) mass is 338 g/mol. The van der Waals surface area contributed by atoms with E-state index in [4.69, 9.17) is 9.63 Å². The molecule has 20 heavy (non-hydrogen) atoms. The molecule has 0 aliphatic heterocycles. The molecule has 0 bridgehead atoms. The van der Waals surface area contributed by atoms with Gasteiger partial charge in [0.05, 0.1) is 0 Å². The standard InChI is InChI=1S/C14H15BrN2O3/c1-9-6-7-10(8-11(9)15)14-16-12(20-17-14)4-2-3-5-13(18)19/h6-8H,2-5H2,1H3,(H,18,19). The van der Waals surface area contributed by atoms with Crippen LogP contribution < -0.4 is 0 Å². The number of aryl methyl sites for hydroxylation is 2. The Kier molecular flexibility index (Phi) is 4.89. The third kappa shape index (κ3) is 3.90. The molecule has 0 amide bonds. The van der Waals surface area contributed by atoms with E-state index in [2.05, 4.69) is 26.1 Å². The van der Waals surface area contributed by atoms with Gasteiger partial charge in [-0.25, -0.2) is 0 Å². The van der Waals surface area contributed by atoms with Crippen molar-refractivity contribution in [3.05, 3.63) is 34.1 Å². The number of benzene rings is 1. The second-order valence-electron chi connectivity index (χ2n) is 4.58. The molecule has 0 unspecified atom stereocenters. The summed E-state index contributed by atoms with van der Waals surface area (Å²) in [5.74, 6) is 0.321. The molecule has 5 nitrogen and oxygen atoms in total. The number of aromatic nitrogens is 2. The minimum atomic E-state index is -0.777. The lowest BCUT2D eigenvalue weighted by Crippen LogP contribution is -1.95. The molecule has 0 aliphatic rings. The van der Waals surface area contributed by atoms with E-state index in [1.165, 1.54) is 0 Å². The van der Waals surface area contributed by atoms with Gasteiger partial charge in [0.1, 0.15) is 0 Å². The van der Waals surface area contributed by atoms with Crippen molar-refractivity contribution >= 4 is 21.9 Å². The van der Waals surface area contributed by atoms with Crippen molar-refractivity contribution in [3.8, 4) is 11.4 Å². The van der Waals surface area contributed by atoms with Crippen LogP contribution in [0.4, 0.5) is 0 Å². The van der Waals surface area contributed by atoms with E-state index in [0.29, 0.717) is 24.6 Å². The van der Waals surface area contributed by atoms with Gasteiger partial charge >= 0.3 is 5.97 Å². The van der Waals surface area contributed by atoms with E-state index in [9.17, 15) is 4.79 Å². The van der Waals surface area contributed by atoms with E-state index in [0.717, 1.165) is 22.0 Å². The van der Waals surface area contributed by atoms with Crippen molar-refractivity contribution in [2.75, 3.05) is 0 Å². The van der Waals surface area contributed by atoms with Gasteiger partial charge in [0.15, 0.2) is 0 Å². The molecule has 1 heterocycles. The summed E-state index contributed by atoms with van der Waals surface area (Å²) in [4.78, 5) is 14.7. The lowest BCUT2D eigenvalue weighted by Gasteiger charge is -1.99. The molecular weight excluding hydrogens is 324 g/mol. The highest BCUT2D eigenvalue weighted by Crippen LogP contribution is 2.23. The number of hydrogen-bond donors (Lipinski definition) is 1. The maximum absolute atomic E-state index is 10.4. The zero-order valence-electron chi connectivity index (χ0n) is 11.1. The van der Waals surface area contributed by atoms with Crippen LogP contribution in [-0.4, -0.2) is 21.2 Å². The summed E-state index contributed by atoms with van der Waals surface area (Å²) < 4.78 is 6.17. The molecule has 106 valence electrons. The molecule has 1 aromatic heterocycles. The Bertz CT molecular complexity index is 610. The predicted octanol–water partition coefficient (Wildman–Crippen LogP) is 3.60. The minimum absolute atomic E-state index is 0.173. The third-order valence-corrected chi connectivity index (χ3v) is 3.78. The Labute approximate surface area is 125 Å². The fourth-order valence-corrected chi connectivity index (χ4v) is 2.14. The van der Waals surface area contributed by atoms with Gasteiger partial charge in [-0.1, -0.05) is 33.2 Å². The van der Waals surface area contributed by atoms with Crippen LogP contribution >= 0.6 is 15.9 Å². The number of nitrogens with zero attached hydrogens (tertiary/aromatic N) is 2. The largest absolute Gasteiger partial charge is 0.481 e. The normalized spacial score (nSPS) is 10.7. The maximum Gasteiger partial charge on any atom is 0.303 e. The summed E-state index contributed by atoms with van der Waals surface area (Å²) in [6.07, 6.45) is 2.12. The number of halogens is 1. The van der Waals surface area contributed by atoms with Gasteiger partial charge in [0.2, 0.25) is 11.7 Å². The fraction of sp³-hybridized carbons (Fsp3) is 0.357. The van der Waals surface area contributed by atoms with Crippen molar-refractivity contribution in [2.24, 2.45) is 0 Å². The van der Waals surface area contributed by atoms with Gasteiger partial charge in [-0.05, 0) is 31.4 Å². The molecule has 6 heteroatoms. The summed E-state index contributed by atoms with van der Waals surface area (Å²) >= 11 is 3.47. The lowest BCUT2D eigenvalue weighted by atomic mass is 10.1. The van der Waals surface area contributed by atoms with Crippen LogP contribution in [0.15, 0.2) is 27.2 Å². The summed E-state index contributed by atoms with van der Waals surface area (Å²) in [5, 5.41) is 12.5. The van der Waals surface area contributed by atoms with E-state index < -0.39 is 5.97 Å². The van der Waals surface area contributed by atoms with Crippen LogP contribution in [0.3, 0.4) is 0 Å². The van der Waals surface area contributed by atoms with Gasteiger partial charge in [-0.3, -0.25) is 4.79 Å². The van der Waals surface area contributed by atoms with Crippen molar-refractivity contribution in [3.63, 3.8) is 0 Å². The number of unbranched alkanes of at least 4 members (excludes halogenated alkanes) is 1. The van der Waals surface area contributed by atoms with Gasteiger partial charge in [-0.2, -0.15) is 4.98 Å². The quantitative estimate of drug-likeness (QED) is 0.814. The Morgan fingerprint density at radius 2 is 2.20 bits per heavy atom. The molecule has 0 fully saturated rings. The molecule has 0 spiro atoms. The predicted molar refractivity (Wildman–Crippen MR) is 77.4 cm³/mol. The SMILES string of the molecule is Cc1ccc(-c2noc(CCCCC(=O)O)n2)cc1Br. The number of aliphatic carboxylic acids is 1. The average molecular weight is 339 g/mol. The first kappa shape index (κ1) is 14.7. The van der Waals surface area contributed by atoms with E-state index in [1.807, 2.05) is 25.1 Å². The zero-order valence-corrected chi connectivity index (χ0v) is 12.7. The molecule has 0 aliphatic carbocycles. The zero-order chi connectivity index (χ0) is 14.5. The number of hydrogen-bond acceptors (Lipinski definition) is 4. The van der Waals surface area contributed by atoms with Gasteiger partial charge in [0.25, 0.3) is 0 Å². The highest BCUT2D eigenvalue weighted by Gasteiger charge is 2.09. The maximum atomic E-state index is 10.4. The smallest absolute Gasteiger partial charge is 0.303 e. The van der Waals surface area contributed by atoms with Gasteiger partial charge < -0.3 is 9.63 Å². The lowest BCUT2D eigenvalue weighted by molar-refractivity contribution is -0.137. The first-order chi connectivity index (χ1) is 9.56. The number of carbonyl (C=O) groups is 1. The Balaban J connectivity index is 1.97. The Morgan fingerprint density at radius 3 is 2.90 bits per heavy atom. The second-order valence-corrected chi connectivity index (χ2v) is 5.43. The van der Waals surface area contributed by atoms with E-state index in [-0.39, 0.29) is 6.42 Å². The highest BCUT2D eigenvalue weighted by atomic mass is 79.9. The van der Waals surface area contributed by atoms with Crippen LogP contribution in [0.5, 0.6) is 0 Å². The summed E-state index contributed by atoms with van der Waals surface area (Å²) in [5.41, 5.74) is 2.04. The van der Waals surface area contributed by atoms with Crippen LogP contribution in [0.25, 0.3) is 11.4 Å². The van der Waals surface area contributed by atoms with E-state index in [1.54, 1.807) is 0 Å². The molecule has 0 radical (unpaired) electrons. The van der Waals surface area contributed by atoms with Crippen LogP contribution in [-0.2, 0) is 11.2 Å². The Hall–Kier alpha value is -1.69. The second kappa shape index (κ2) is 6.65. The number of carboxylic acids is 1. The topological polar surface area (TPSA) is 76.2 Å². The van der Waals surface area contributed by atoms with E-state index >= 15 is 0 Å². The Morgan fingerprint density at radius 1 is 1.40 bits per heavy atom. The minimum Gasteiger partial charge on any atom is -0.481 e. The van der Waals surface area contributed by atoms with Crippen LogP contribution in [0.1, 0.15) is 30.7 Å². The van der Waals surface area contributed by atoms with Gasteiger partial charge in [0, 0.05) is 22.9 Å². The molecule has 0 saturated heterocycles. The molecule has 2 rings (SSSR count). The first-order valence-corrected chi connectivity index (χ1v) is 7.16. The van der Waals surface area contributed by atoms with Gasteiger partial charge in [-0.15, -0.1) is 0 Å². The summed E-state index contributed by atoms with van der Waals surface area (Å²) in [6, 6.07) is 5.88. The summed E-state index contributed by atoms with van der Waals surface area (Å²) in [7, 11) is 0. The molecule has 1 aromatic carbocycles. The molecule has 1 N–H and O–H groups in total. The molecular formula is C14H15BrN2O3. The van der Waals surface area contributed by atoms with Crippen LogP contribution in [0.2, 0.25) is 0 Å². The first-order valence-electron chi connectivity index (χ1n) is 6.37. The fourth-order valence-electron chi connectivity index (χ4n) is 1.76. The number of rotatable bonds is 6. The van der Waals surface area contributed by atoms with Crippen molar-refractivity contribution in [1.82, 2.24) is 10.1 Å². The molecule has 0 atom stereocenters. The van der Waals surface area contributed by atoms with Crippen molar-refractivity contribution < 1.29 is 14.4 Å². The average Bonchev–Trinajstić information content (AvgIpc) is 2.86. The molecule has 0 saturated carbocycles. The number of carboxylic acid groups (broad SMARTS) is 1. The molecule has 2 aromatic rings. The third-order valence-electron chi connectivity index (χ3n) is 2.93. The van der Waals surface area contributed by atoms with Crippen molar-refractivity contribution in [1.29, 1.82) is 0 Å². The van der Waals surface area contributed by atoms with Crippen molar-refractivity contribution in [2.45, 2.75) is 32.6 Å². The highest BCUT2D eigenvalue weighted by molar-refractivity contribution is 9.10.